The number of ether oxygens (including phenoxy) is 1. The van der Waals surface area contributed by atoms with Gasteiger partial charge in [-0.1, -0.05) is 51.1 Å². The molecule has 17 nitrogen and oxygen atoms in total. The van der Waals surface area contributed by atoms with Crippen LogP contribution in [0.25, 0.3) is 10.4 Å². The Bertz CT molecular complexity index is 2300. The van der Waals surface area contributed by atoms with E-state index >= 15 is 0 Å². The number of hydrogen-bond donors (Lipinski definition) is 5. The van der Waals surface area contributed by atoms with Crippen LogP contribution >= 0.6 is 11.3 Å². The van der Waals surface area contributed by atoms with Gasteiger partial charge in [0.25, 0.3) is 0 Å². The molecule has 5 N–H and O–H groups in total. The van der Waals surface area contributed by atoms with Gasteiger partial charge in [0.15, 0.2) is 0 Å². The van der Waals surface area contributed by atoms with Crippen LogP contribution in [0.5, 0.6) is 0 Å². The summed E-state index contributed by atoms with van der Waals surface area (Å²) in [6.07, 6.45) is 2.47. The molecule has 19 heteroatoms. The van der Waals surface area contributed by atoms with Crippen molar-refractivity contribution in [3.8, 4) is 10.4 Å². The van der Waals surface area contributed by atoms with E-state index in [2.05, 4.69) is 31.2 Å². The van der Waals surface area contributed by atoms with Crippen molar-refractivity contribution < 1.29 is 37.4 Å². The molecule has 5 amide bonds. The van der Waals surface area contributed by atoms with E-state index in [1.165, 1.54) is 21.3 Å². The molecule has 6 rings (SSSR count). The zero-order chi connectivity index (χ0) is 45.3. The largest absolute Gasteiger partial charge is 0.391 e. The minimum absolute atomic E-state index is 0.0417. The van der Waals surface area contributed by atoms with Gasteiger partial charge in [-0.15, -0.1) is 11.3 Å². The van der Waals surface area contributed by atoms with Crippen molar-refractivity contribution >= 4 is 50.8 Å². The molecule has 2 aliphatic rings. The molecule has 2 fully saturated rings. The molecule has 0 spiro atoms. The van der Waals surface area contributed by atoms with Crippen LogP contribution in [0.3, 0.4) is 0 Å². The van der Waals surface area contributed by atoms with Gasteiger partial charge < -0.3 is 36.0 Å². The Labute approximate surface area is 372 Å². The fourth-order valence-corrected chi connectivity index (χ4v) is 9.72. The quantitative estimate of drug-likeness (QED) is 0.103. The van der Waals surface area contributed by atoms with Gasteiger partial charge >= 0.3 is 6.03 Å². The summed E-state index contributed by atoms with van der Waals surface area (Å²) in [5, 5.41) is 21.9. The number of sulfonamides is 1. The SMILES string of the molecule is Cc1ncsc1-c1ccc([C@H](C)NC(=O)C2CC(O)CN2C(=O)C(NC(=O)COCCN2CCN(S(=O)(=O)c3ccc(NC(=O)NCc4cccnc4)cc3)CC2)C(C)(C)C)cc1. The lowest BCUT2D eigenvalue weighted by Gasteiger charge is -2.35. The number of aliphatic hydroxyl groups excluding tert-OH is 1. The van der Waals surface area contributed by atoms with Crippen molar-refractivity contribution in [1.29, 1.82) is 0 Å². The van der Waals surface area contributed by atoms with Crippen LogP contribution in [0, 0.1) is 12.3 Å². The predicted octanol–water partition coefficient (Wildman–Crippen LogP) is 3.53. The first-order valence-corrected chi connectivity index (χ1v) is 23.2. The number of anilines is 1. The van der Waals surface area contributed by atoms with E-state index < -0.39 is 57.4 Å². The Morgan fingerprint density at radius 1 is 0.984 bits per heavy atom. The Morgan fingerprint density at radius 3 is 2.33 bits per heavy atom. The topological polar surface area (TPSA) is 216 Å². The first-order valence-electron chi connectivity index (χ1n) is 20.9. The highest BCUT2D eigenvalue weighted by molar-refractivity contribution is 7.89. The van der Waals surface area contributed by atoms with Gasteiger partial charge in [-0.3, -0.25) is 24.3 Å². The van der Waals surface area contributed by atoms with Gasteiger partial charge in [0.2, 0.25) is 27.7 Å². The Balaban J connectivity index is 0.927. The summed E-state index contributed by atoms with van der Waals surface area (Å²) in [4.78, 5) is 66.1. The molecule has 63 heavy (non-hydrogen) atoms. The molecule has 2 aliphatic heterocycles. The average Bonchev–Trinajstić information content (AvgIpc) is 3.88. The van der Waals surface area contributed by atoms with Gasteiger partial charge in [0.1, 0.15) is 18.7 Å². The lowest BCUT2D eigenvalue weighted by molar-refractivity contribution is -0.144. The standard InChI is InChI=1S/C44H57N9O8S2/c1-29(32-8-10-33(11-9-32)39-30(2)47-28-62-39)48-41(56)37-23-35(54)26-53(37)42(57)40(44(3,4)5)50-38(55)27-61-22-21-51-17-19-52(20-18-51)63(59,60)36-14-12-34(13-15-36)49-43(58)46-25-31-7-6-16-45-24-31/h6-16,24,28-29,35,37,40,54H,17-23,25-27H2,1-5H3,(H,48,56)(H,50,55)(H2,46,49,58)/t29-,35?,37?,40?/m0/s1. The normalized spacial score (nSPS) is 18.3. The molecule has 2 aromatic heterocycles. The minimum Gasteiger partial charge on any atom is -0.391 e. The third-order valence-electron chi connectivity index (χ3n) is 11.1. The number of carbonyl (C=O) groups is 4. The summed E-state index contributed by atoms with van der Waals surface area (Å²) in [7, 11) is -3.77. The van der Waals surface area contributed by atoms with E-state index in [9.17, 15) is 32.7 Å². The van der Waals surface area contributed by atoms with Gasteiger partial charge in [0.05, 0.1) is 39.7 Å². The monoisotopic (exact) mass is 903 g/mol. The number of pyridine rings is 1. The number of carbonyl (C=O) groups excluding carboxylic acids is 4. The number of rotatable bonds is 16. The van der Waals surface area contributed by atoms with Gasteiger partial charge in [0, 0.05) is 70.3 Å². The smallest absolute Gasteiger partial charge is 0.319 e. The first-order chi connectivity index (χ1) is 30.0. The number of piperazine rings is 1. The summed E-state index contributed by atoms with van der Waals surface area (Å²) < 4.78 is 33.9. The molecule has 0 bridgehead atoms. The summed E-state index contributed by atoms with van der Waals surface area (Å²) >= 11 is 1.56. The Hall–Kier alpha value is -5.31. The number of likely N-dealkylation sites (tertiary alicyclic amines) is 1. The van der Waals surface area contributed by atoms with Gasteiger partial charge in [-0.05, 0) is 66.3 Å². The number of aliphatic hydroxyl groups is 1. The summed E-state index contributed by atoms with van der Waals surface area (Å²) in [6, 6.07) is 14.8. The van der Waals surface area contributed by atoms with Crippen LogP contribution in [-0.4, -0.2) is 132 Å². The Morgan fingerprint density at radius 2 is 1.70 bits per heavy atom. The second-order valence-electron chi connectivity index (χ2n) is 16.9. The second kappa shape index (κ2) is 20.9. The van der Waals surface area contributed by atoms with Crippen molar-refractivity contribution in [2.45, 2.75) is 76.7 Å². The molecule has 4 heterocycles. The molecule has 4 aromatic rings. The Kier molecular flexibility index (Phi) is 15.7. The van der Waals surface area contributed by atoms with E-state index in [4.69, 9.17) is 4.74 Å². The van der Waals surface area contributed by atoms with E-state index in [1.807, 2.05) is 69.9 Å². The number of aryl methyl sites for hydroxylation is 1. The summed E-state index contributed by atoms with van der Waals surface area (Å²) in [5.41, 5.74) is 5.24. The maximum Gasteiger partial charge on any atom is 0.319 e. The number of nitrogens with one attached hydrogen (secondary N) is 4. The minimum atomic E-state index is -3.77. The maximum atomic E-state index is 14.1. The molecule has 0 aliphatic carbocycles. The van der Waals surface area contributed by atoms with Gasteiger partial charge in [-0.2, -0.15) is 4.31 Å². The zero-order valence-corrected chi connectivity index (χ0v) is 37.9. The van der Waals surface area contributed by atoms with Crippen molar-refractivity contribution in [3.63, 3.8) is 0 Å². The summed E-state index contributed by atoms with van der Waals surface area (Å²) in [6.45, 7) is 11.3. The third kappa shape index (κ3) is 12.5. The second-order valence-corrected chi connectivity index (χ2v) is 19.7. The number of aromatic nitrogens is 2. The van der Waals surface area contributed by atoms with Crippen molar-refractivity contribution in [1.82, 2.24) is 40.0 Å². The van der Waals surface area contributed by atoms with Crippen molar-refractivity contribution in [2.24, 2.45) is 5.41 Å². The predicted molar refractivity (Wildman–Crippen MR) is 239 cm³/mol. The van der Waals surface area contributed by atoms with E-state index in [-0.39, 0.29) is 50.2 Å². The van der Waals surface area contributed by atoms with Gasteiger partial charge in [-0.25, -0.2) is 18.2 Å². The highest BCUT2D eigenvalue weighted by atomic mass is 32.2. The van der Waals surface area contributed by atoms with E-state index in [1.54, 1.807) is 47.4 Å². The highest BCUT2D eigenvalue weighted by Crippen LogP contribution is 2.30. The van der Waals surface area contributed by atoms with Crippen molar-refractivity contribution in [3.05, 3.63) is 95.4 Å². The molecule has 4 atom stereocenters. The lowest BCUT2D eigenvalue weighted by Crippen LogP contribution is -2.58. The number of urea groups is 1. The molecule has 338 valence electrons. The van der Waals surface area contributed by atoms with E-state index in [0.717, 1.165) is 27.3 Å². The third-order valence-corrected chi connectivity index (χ3v) is 14.0. The fourth-order valence-electron chi connectivity index (χ4n) is 7.49. The van der Waals surface area contributed by atoms with Crippen LogP contribution in [0.4, 0.5) is 10.5 Å². The summed E-state index contributed by atoms with van der Waals surface area (Å²) in [5.74, 6) is -1.36. The number of β-amino-alcohol motifs (C(OH)–C–C–N with tert-alkyl or cyclic N) is 1. The zero-order valence-electron chi connectivity index (χ0n) is 36.2. The van der Waals surface area contributed by atoms with Crippen molar-refractivity contribution in [2.75, 3.05) is 57.8 Å². The van der Waals surface area contributed by atoms with Crippen LogP contribution in [0.1, 0.15) is 57.0 Å². The van der Waals surface area contributed by atoms with Crippen LogP contribution in [0.15, 0.2) is 83.5 Å². The molecule has 0 saturated carbocycles. The van der Waals surface area contributed by atoms with Crippen LogP contribution < -0.4 is 21.3 Å². The number of nitrogens with zero attached hydrogens (tertiary/aromatic N) is 5. The molecule has 2 saturated heterocycles. The highest BCUT2D eigenvalue weighted by Gasteiger charge is 2.44. The average molecular weight is 904 g/mol. The van der Waals surface area contributed by atoms with Crippen LogP contribution in [-0.2, 0) is 35.7 Å². The molecule has 2 aromatic carbocycles. The first kappa shape index (κ1) is 47.2. The maximum absolute atomic E-state index is 14.1. The molecule has 0 radical (unpaired) electrons. The number of benzene rings is 2. The lowest BCUT2D eigenvalue weighted by atomic mass is 9.85. The molecular weight excluding hydrogens is 847 g/mol. The van der Waals surface area contributed by atoms with E-state index in [0.29, 0.717) is 31.9 Å². The van der Waals surface area contributed by atoms with Crippen LogP contribution in [0.2, 0.25) is 0 Å². The fraction of sp³-hybridized carbons (Fsp3) is 0.455. The number of amides is 5. The molecular formula is C44H57N9O8S2. The number of hydrogen-bond acceptors (Lipinski definition) is 12. The number of thiazole rings is 1. The molecule has 3 unspecified atom stereocenters.